The summed E-state index contributed by atoms with van der Waals surface area (Å²) in [6.45, 7) is 3.66. The molecule has 6 heteroatoms. The van der Waals surface area contributed by atoms with Gasteiger partial charge in [0, 0.05) is 12.8 Å². The zero-order valence-electron chi connectivity index (χ0n) is 14.0. The van der Waals surface area contributed by atoms with E-state index in [1.807, 2.05) is 26.0 Å². The van der Waals surface area contributed by atoms with Crippen molar-refractivity contribution in [1.29, 1.82) is 0 Å². The van der Waals surface area contributed by atoms with Gasteiger partial charge >= 0.3 is 5.97 Å². The molecule has 1 fully saturated rings. The normalized spacial score (nSPS) is 19.1. The van der Waals surface area contributed by atoms with Crippen molar-refractivity contribution in [1.82, 2.24) is 5.32 Å². The van der Waals surface area contributed by atoms with E-state index in [1.54, 1.807) is 20.3 Å². The van der Waals surface area contributed by atoms with Crippen LogP contribution in [0, 0.1) is 0 Å². The second kappa shape index (κ2) is 6.89. The van der Waals surface area contributed by atoms with Gasteiger partial charge in [0.25, 0.3) is 0 Å². The van der Waals surface area contributed by atoms with Gasteiger partial charge in [-0.05, 0) is 44.0 Å². The summed E-state index contributed by atoms with van der Waals surface area (Å²) in [6.07, 6.45) is 1.24. The minimum Gasteiger partial charge on any atom is -0.497 e. The second-order valence-electron chi connectivity index (χ2n) is 6.18. The van der Waals surface area contributed by atoms with E-state index in [2.05, 4.69) is 5.32 Å². The van der Waals surface area contributed by atoms with Crippen molar-refractivity contribution in [3.8, 4) is 11.5 Å². The monoisotopic (exact) mass is 321 g/mol. The van der Waals surface area contributed by atoms with Crippen LogP contribution in [0.2, 0.25) is 0 Å². The second-order valence-corrected chi connectivity index (χ2v) is 6.18. The molecule has 0 saturated carbocycles. The third kappa shape index (κ3) is 4.37. The van der Waals surface area contributed by atoms with Gasteiger partial charge in [-0.3, -0.25) is 4.79 Å². The molecule has 126 valence electrons. The lowest BCUT2D eigenvalue weighted by Gasteiger charge is -2.14. The number of rotatable bonds is 6. The minimum absolute atomic E-state index is 0.186. The Morgan fingerprint density at radius 1 is 1.35 bits per heavy atom. The molecule has 6 nitrogen and oxygen atoms in total. The van der Waals surface area contributed by atoms with Crippen LogP contribution in [0.4, 0.5) is 0 Å². The molecular weight excluding hydrogens is 298 g/mol. The van der Waals surface area contributed by atoms with Crippen LogP contribution < -0.4 is 14.8 Å². The first-order valence-electron chi connectivity index (χ1n) is 7.58. The minimum atomic E-state index is -0.565. The largest absolute Gasteiger partial charge is 0.497 e. The maximum atomic E-state index is 12.1. The molecule has 0 aliphatic carbocycles. The molecule has 1 aromatic rings. The van der Waals surface area contributed by atoms with E-state index in [0.717, 1.165) is 5.56 Å². The zero-order chi connectivity index (χ0) is 17.0. The fourth-order valence-electron chi connectivity index (χ4n) is 2.66. The van der Waals surface area contributed by atoms with Crippen molar-refractivity contribution in [2.75, 3.05) is 14.2 Å². The number of esters is 1. The van der Waals surface area contributed by atoms with Crippen LogP contribution in [-0.2, 0) is 20.7 Å². The molecule has 0 radical (unpaired) electrons. The van der Waals surface area contributed by atoms with Crippen molar-refractivity contribution >= 4 is 11.9 Å². The Bertz CT molecular complexity index is 597. The topological polar surface area (TPSA) is 73.9 Å². The number of hydrogen-bond donors (Lipinski definition) is 1. The summed E-state index contributed by atoms with van der Waals surface area (Å²) in [7, 11) is 3.17. The summed E-state index contributed by atoms with van der Waals surface area (Å²) >= 11 is 0. The Kier molecular flexibility index (Phi) is 5.13. The van der Waals surface area contributed by atoms with Gasteiger partial charge in [0.1, 0.15) is 23.1 Å². The van der Waals surface area contributed by atoms with Gasteiger partial charge < -0.3 is 19.5 Å². The van der Waals surface area contributed by atoms with Crippen LogP contribution in [0.5, 0.6) is 11.5 Å². The molecule has 1 heterocycles. The van der Waals surface area contributed by atoms with Crippen LogP contribution in [-0.4, -0.2) is 37.7 Å². The Balaban J connectivity index is 1.93. The summed E-state index contributed by atoms with van der Waals surface area (Å²) in [6, 6.07) is 4.89. The molecule has 0 unspecified atom stereocenters. The highest BCUT2D eigenvalue weighted by atomic mass is 16.6. The van der Waals surface area contributed by atoms with Gasteiger partial charge in [-0.25, -0.2) is 4.79 Å². The van der Waals surface area contributed by atoms with Gasteiger partial charge in [0.15, 0.2) is 0 Å². The molecule has 23 heavy (non-hydrogen) atoms. The lowest BCUT2D eigenvalue weighted by atomic mass is 10.0. The maximum Gasteiger partial charge on any atom is 0.329 e. The number of benzene rings is 1. The van der Waals surface area contributed by atoms with E-state index in [4.69, 9.17) is 14.2 Å². The highest BCUT2D eigenvalue weighted by Crippen LogP contribution is 2.27. The van der Waals surface area contributed by atoms with Gasteiger partial charge in [-0.2, -0.15) is 0 Å². The molecule has 0 aromatic heterocycles. The summed E-state index contributed by atoms with van der Waals surface area (Å²) in [4.78, 5) is 23.8. The molecule has 0 spiro atoms. The summed E-state index contributed by atoms with van der Waals surface area (Å²) in [5.41, 5.74) is 0.363. The number of cyclic esters (lactones) is 1. The van der Waals surface area contributed by atoms with E-state index in [-0.39, 0.29) is 18.3 Å². The quantitative estimate of drug-likeness (QED) is 0.809. The van der Waals surface area contributed by atoms with E-state index < -0.39 is 11.6 Å². The number of carbonyl (C=O) groups excluding carboxylic acids is 2. The van der Waals surface area contributed by atoms with Crippen LogP contribution in [0.15, 0.2) is 18.2 Å². The molecule has 1 N–H and O–H groups in total. The fraction of sp³-hybridized carbons (Fsp3) is 0.529. The summed E-state index contributed by atoms with van der Waals surface area (Å²) in [5, 5.41) is 2.74. The van der Waals surface area contributed by atoms with Crippen molar-refractivity contribution in [3.63, 3.8) is 0 Å². The van der Waals surface area contributed by atoms with E-state index in [9.17, 15) is 9.59 Å². The zero-order valence-corrected chi connectivity index (χ0v) is 14.0. The first-order valence-corrected chi connectivity index (χ1v) is 7.58. The first kappa shape index (κ1) is 17.1. The molecule has 1 atom stereocenters. The number of ether oxygens (including phenoxy) is 3. The van der Waals surface area contributed by atoms with Crippen LogP contribution in [0.25, 0.3) is 0 Å². The van der Waals surface area contributed by atoms with E-state index >= 15 is 0 Å². The Morgan fingerprint density at radius 2 is 2.09 bits per heavy atom. The maximum absolute atomic E-state index is 12.1. The number of amides is 1. The number of carbonyl (C=O) groups is 2. The molecular formula is C17H23NO5. The third-order valence-electron chi connectivity index (χ3n) is 3.80. The van der Waals surface area contributed by atoms with Gasteiger partial charge in [0.05, 0.1) is 14.2 Å². The first-order chi connectivity index (χ1) is 10.8. The summed E-state index contributed by atoms with van der Waals surface area (Å²) < 4.78 is 15.7. The van der Waals surface area contributed by atoms with Gasteiger partial charge in [-0.15, -0.1) is 0 Å². The average Bonchev–Trinajstić information content (AvgIpc) is 2.76. The number of nitrogens with one attached hydrogen (secondary N) is 1. The van der Waals surface area contributed by atoms with Crippen molar-refractivity contribution in [3.05, 3.63) is 23.8 Å². The van der Waals surface area contributed by atoms with Crippen LogP contribution in [0.1, 0.15) is 32.3 Å². The van der Waals surface area contributed by atoms with Crippen molar-refractivity contribution in [2.24, 2.45) is 0 Å². The summed E-state index contributed by atoms with van der Waals surface area (Å²) in [5.74, 6) is 0.860. The van der Waals surface area contributed by atoms with Crippen LogP contribution in [0.3, 0.4) is 0 Å². The van der Waals surface area contributed by atoms with Gasteiger partial charge in [-0.1, -0.05) is 0 Å². The molecule has 1 amide bonds. The predicted molar refractivity (Wildman–Crippen MR) is 84.6 cm³/mol. The van der Waals surface area contributed by atoms with Crippen molar-refractivity contribution in [2.45, 2.75) is 44.8 Å². The number of hydrogen-bond acceptors (Lipinski definition) is 5. The molecule has 0 bridgehead atoms. The van der Waals surface area contributed by atoms with E-state index in [1.165, 1.54) is 0 Å². The van der Waals surface area contributed by atoms with Crippen molar-refractivity contribution < 1.29 is 23.8 Å². The third-order valence-corrected chi connectivity index (χ3v) is 3.80. The Morgan fingerprint density at radius 3 is 2.65 bits per heavy atom. The van der Waals surface area contributed by atoms with E-state index in [0.29, 0.717) is 24.3 Å². The number of aryl methyl sites for hydroxylation is 1. The highest BCUT2D eigenvalue weighted by Gasteiger charge is 2.40. The van der Waals surface area contributed by atoms with Crippen LogP contribution >= 0.6 is 0 Å². The average molecular weight is 321 g/mol. The number of methoxy groups -OCH3 is 2. The van der Waals surface area contributed by atoms with Gasteiger partial charge in [0.2, 0.25) is 5.91 Å². The molecule has 1 aliphatic rings. The fourth-order valence-corrected chi connectivity index (χ4v) is 2.66. The molecule has 1 aliphatic heterocycles. The Labute approximate surface area is 136 Å². The molecule has 1 aromatic carbocycles. The smallest absolute Gasteiger partial charge is 0.329 e. The predicted octanol–water partition coefficient (Wildman–Crippen LogP) is 1.85. The standard InChI is InChI=1S/C17H23NO5/c1-17(2)10-13(16(20)23-17)18-15(19)8-5-11-9-12(21-3)6-7-14(11)22-4/h6-7,9,13H,5,8,10H2,1-4H3,(H,18,19)/t13-/m0/s1. The lowest BCUT2D eigenvalue weighted by molar-refractivity contribution is -0.148. The SMILES string of the molecule is COc1ccc(OC)c(CCC(=O)N[C@H]2CC(C)(C)OC2=O)c1. The molecule has 2 rings (SSSR count). The Hall–Kier alpha value is -2.24. The molecule has 1 saturated heterocycles. The highest BCUT2D eigenvalue weighted by molar-refractivity contribution is 5.86. The lowest BCUT2D eigenvalue weighted by Crippen LogP contribution is -2.38.